The Bertz CT molecular complexity index is 669. The SMILES string of the molecule is CN(C)C(CNC(=O)C1CC1c1ccccc1F)c1ccco1. The van der Waals surface area contributed by atoms with Crippen molar-refractivity contribution in [3.8, 4) is 0 Å². The van der Waals surface area contributed by atoms with Crippen molar-refractivity contribution in [3.63, 3.8) is 0 Å². The van der Waals surface area contributed by atoms with Crippen LogP contribution in [0.5, 0.6) is 0 Å². The minimum absolute atomic E-state index is 0.00220. The molecule has 4 nitrogen and oxygen atoms in total. The Hall–Kier alpha value is -2.14. The third kappa shape index (κ3) is 3.45. The second-order valence-corrected chi connectivity index (χ2v) is 6.21. The molecule has 1 heterocycles. The van der Waals surface area contributed by atoms with Crippen LogP contribution in [0.3, 0.4) is 0 Å². The molecule has 1 aromatic carbocycles. The number of hydrogen-bond acceptors (Lipinski definition) is 3. The highest BCUT2D eigenvalue weighted by molar-refractivity contribution is 5.82. The van der Waals surface area contributed by atoms with E-state index in [1.807, 2.05) is 37.2 Å². The fourth-order valence-corrected chi connectivity index (χ4v) is 2.95. The molecule has 1 N–H and O–H groups in total. The van der Waals surface area contributed by atoms with Crippen molar-refractivity contribution in [2.75, 3.05) is 20.6 Å². The maximum Gasteiger partial charge on any atom is 0.223 e. The van der Waals surface area contributed by atoms with Crippen molar-refractivity contribution in [3.05, 3.63) is 59.8 Å². The van der Waals surface area contributed by atoms with E-state index < -0.39 is 0 Å². The Morgan fingerprint density at radius 2 is 2.13 bits per heavy atom. The summed E-state index contributed by atoms with van der Waals surface area (Å²) in [6.07, 6.45) is 2.34. The van der Waals surface area contributed by atoms with Crippen LogP contribution in [0.15, 0.2) is 47.1 Å². The van der Waals surface area contributed by atoms with Gasteiger partial charge in [-0.3, -0.25) is 9.69 Å². The van der Waals surface area contributed by atoms with Crippen LogP contribution in [0.25, 0.3) is 0 Å². The van der Waals surface area contributed by atoms with Gasteiger partial charge >= 0.3 is 0 Å². The molecule has 2 aromatic rings. The van der Waals surface area contributed by atoms with Gasteiger partial charge in [-0.25, -0.2) is 4.39 Å². The maximum atomic E-state index is 13.8. The predicted octanol–water partition coefficient (Wildman–Crippen LogP) is 2.94. The van der Waals surface area contributed by atoms with E-state index >= 15 is 0 Å². The number of benzene rings is 1. The third-order valence-electron chi connectivity index (χ3n) is 4.40. The van der Waals surface area contributed by atoms with Crippen LogP contribution in [-0.2, 0) is 4.79 Å². The molecule has 3 atom stereocenters. The zero-order valence-corrected chi connectivity index (χ0v) is 13.3. The highest BCUT2D eigenvalue weighted by atomic mass is 19.1. The molecule has 0 bridgehead atoms. The average molecular weight is 316 g/mol. The second kappa shape index (κ2) is 6.54. The number of furan rings is 1. The molecule has 1 saturated carbocycles. The van der Waals surface area contributed by atoms with Crippen LogP contribution in [0.1, 0.15) is 29.7 Å². The van der Waals surface area contributed by atoms with Crippen LogP contribution >= 0.6 is 0 Å². The van der Waals surface area contributed by atoms with Gasteiger partial charge in [0.15, 0.2) is 0 Å². The summed E-state index contributed by atoms with van der Waals surface area (Å²) < 4.78 is 19.2. The molecule has 0 radical (unpaired) electrons. The van der Waals surface area contributed by atoms with Crippen molar-refractivity contribution < 1.29 is 13.6 Å². The summed E-state index contributed by atoms with van der Waals surface area (Å²) in [5.74, 6) is 0.437. The molecule has 0 spiro atoms. The number of carbonyl (C=O) groups excluding carboxylic acids is 1. The number of rotatable bonds is 6. The van der Waals surface area contributed by atoms with Crippen molar-refractivity contribution in [2.45, 2.75) is 18.4 Å². The van der Waals surface area contributed by atoms with Gasteiger partial charge < -0.3 is 9.73 Å². The molecular formula is C18H21FN2O2. The highest BCUT2D eigenvalue weighted by Gasteiger charge is 2.45. The van der Waals surface area contributed by atoms with Crippen molar-refractivity contribution in [2.24, 2.45) is 5.92 Å². The number of halogens is 1. The Balaban J connectivity index is 1.57. The van der Waals surface area contributed by atoms with Gasteiger partial charge in [-0.15, -0.1) is 0 Å². The molecule has 0 saturated heterocycles. The van der Waals surface area contributed by atoms with Gasteiger partial charge in [0, 0.05) is 12.5 Å². The van der Waals surface area contributed by atoms with Gasteiger partial charge in [0.2, 0.25) is 5.91 Å². The largest absolute Gasteiger partial charge is 0.468 e. The van der Waals surface area contributed by atoms with E-state index in [4.69, 9.17) is 4.42 Å². The summed E-state index contributed by atoms with van der Waals surface area (Å²) in [7, 11) is 3.89. The van der Waals surface area contributed by atoms with Crippen LogP contribution in [-0.4, -0.2) is 31.4 Å². The first kappa shape index (κ1) is 15.7. The molecule has 1 fully saturated rings. The Morgan fingerprint density at radius 1 is 1.35 bits per heavy atom. The summed E-state index contributed by atoms with van der Waals surface area (Å²) in [5.41, 5.74) is 0.642. The topological polar surface area (TPSA) is 45.5 Å². The number of likely N-dealkylation sites (N-methyl/N-ethyl adjacent to an activating group) is 1. The predicted molar refractivity (Wildman–Crippen MR) is 85.4 cm³/mol. The van der Waals surface area contributed by atoms with Gasteiger partial charge in [-0.2, -0.15) is 0 Å². The van der Waals surface area contributed by atoms with E-state index in [0.29, 0.717) is 18.5 Å². The first-order valence-corrected chi connectivity index (χ1v) is 7.80. The first-order chi connectivity index (χ1) is 11.1. The number of carbonyl (C=O) groups is 1. The van der Waals surface area contributed by atoms with Crippen LogP contribution in [0.2, 0.25) is 0 Å². The Morgan fingerprint density at radius 3 is 2.78 bits per heavy atom. The van der Waals surface area contributed by atoms with Gasteiger partial charge in [0.25, 0.3) is 0 Å². The molecule has 23 heavy (non-hydrogen) atoms. The molecule has 1 amide bonds. The lowest BCUT2D eigenvalue weighted by atomic mass is 10.1. The molecule has 0 aliphatic heterocycles. The number of nitrogens with one attached hydrogen (secondary N) is 1. The second-order valence-electron chi connectivity index (χ2n) is 6.21. The maximum absolute atomic E-state index is 13.8. The fraction of sp³-hybridized carbons (Fsp3) is 0.389. The lowest BCUT2D eigenvalue weighted by Crippen LogP contribution is -2.35. The quantitative estimate of drug-likeness (QED) is 0.891. The smallest absolute Gasteiger partial charge is 0.223 e. The van der Waals surface area contributed by atoms with Gasteiger partial charge in [-0.05, 0) is 50.2 Å². The van der Waals surface area contributed by atoms with Gasteiger partial charge in [0.05, 0.1) is 12.3 Å². The van der Waals surface area contributed by atoms with E-state index in [2.05, 4.69) is 5.32 Å². The molecule has 5 heteroatoms. The number of hydrogen-bond donors (Lipinski definition) is 1. The molecule has 3 rings (SSSR count). The third-order valence-corrected chi connectivity index (χ3v) is 4.40. The monoisotopic (exact) mass is 316 g/mol. The first-order valence-electron chi connectivity index (χ1n) is 7.80. The Labute approximate surface area is 135 Å². The number of amides is 1. The van der Waals surface area contributed by atoms with E-state index in [0.717, 1.165) is 5.76 Å². The van der Waals surface area contributed by atoms with E-state index in [1.54, 1.807) is 18.4 Å². The lowest BCUT2D eigenvalue weighted by molar-refractivity contribution is -0.122. The molecular weight excluding hydrogens is 295 g/mol. The van der Waals surface area contributed by atoms with Crippen LogP contribution < -0.4 is 5.32 Å². The molecule has 122 valence electrons. The normalized spacial score (nSPS) is 21.2. The van der Waals surface area contributed by atoms with Gasteiger partial charge in [0.1, 0.15) is 11.6 Å². The molecule has 3 unspecified atom stereocenters. The lowest BCUT2D eigenvalue weighted by Gasteiger charge is -2.22. The Kier molecular flexibility index (Phi) is 4.48. The summed E-state index contributed by atoms with van der Waals surface area (Å²) in [4.78, 5) is 14.3. The van der Waals surface area contributed by atoms with Crippen molar-refractivity contribution in [1.82, 2.24) is 10.2 Å². The summed E-state index contributed by atoms with van der Waals surface area (Å²) >= 11 is 0. The zero-order valence-electron chi connectivity index (χ0n) is 13.3. The van der Waals surface area contributed by atoms with Crippen LogP contribution in [0.4, 0.5) is 4.39 Å². The summed E-state index contributed by atoms with van der Waals surface area (Å²) in [6, 6.07) is 10.4. The van der Waals surface area contributed by atoms with E-state index in [9.17, 15) is 9.18 Å². The van der Waals surface area contributed by atoms with Crippen LogP contribution in [0, 0.1) is 11.7 Å². The minimum Gasteiger partial charge on any atom is -0.468 e. The minimum atomic E-state index is -0.227. The molecule has 1 aromatic heterocycles. The molecule has 1 aliphatic rings. The van der Waals surface area contributed by atoms with E-state index in [-0.39, 0.29) is 29.6 Å². The van der Waals surface area contributed by atoms with E-state index in [1.165, 1.54) is 6.07 Å². The number of nitrogens with zero attached hydrogens (tertiary/aromatic N) is 1. The molecule has 1 aliphatic carbocycles. The van der Waals surface area contributed by atoms with Gasteiger partial charge in [-0.1, -0.05) is 18.2 Å². The highest BCUT2D eigenvalue weighted by Crippen LogP contribution is 2.48. The summed E-state index contributed by atoms with van der Waals surface area (Å²) in [6.45, 7) is 0.472. The zero-order chi connectivity index (χ0) is 16.4. The summed E-state index contributed by atoms with van der Waals surface area (Å²) in [5, 5.41) is 2.97. The fourth-order valence-electron chi connectivity index (χ4n) is 2.95. The average Bonchev–Trinajstić information content (AvgIpc) is 3.14. The van der Waals surface area contributed by atoms with Crippen molar-refractivity contribution in [1.29, 1.82) is 0 Å². The van der Waals surface area contributed by atoms with Crippen molar-refractivity contribution >= 4 is 5.91 Å². The standard InChI is InChI=1S/C18H21FN2O2/c1-21(2)16(17-8-5-9-23-17)11-20-18(22)14-10-13(14)12-6-3-4-7-15(12)19/h3-9,13-14,16H,10-11H2,1-2H3,(H,20,22).